The number of carbonyl (C=O) groups is 2. The van der Waals surface area contributed by atoms with Crippen molar-refractivity contribution in [2.45, 2.75) is 26.4 Å². The molecule has 4 rings (SSSR count). The van der Waals surface area contributed by atoms with Crippen molar-refractivity contribution in [1.29, 1.82) is 0 Å². The predicted molar refractivity (Wildman–Crippen MR) is 132 cm³/mol. The number of fused-ring (bicyclic) bond motifs is 1. The van der Waals surface area contributed by atoms with Crippen molar-refractivity contribution in [2.24, 2.45) is 0 Å². The molecule has 0 saturated heterocycles. The van der Waals surface area contributed by atoms with Gasteiger partial charge in [-0.1, -0.05) is 58.2 Å². The molecule has 0 amide bonds. The van der Waals surface area contributed by atoms with Crippen molar-refractivity contribution in [3.8, 4) is 11.3 Å². The number of carboxylic acids is 1. The minimum absolute atomic E-state index is 0.0325. The molecule has 0 aliphatic rings. The van der Waals surface area contributed by atoms with Crippen molar-refractivity contribution in [1.82, 2.24) is 9.72 Å². The fraction of sp³-hybridized carbons (Fsp3) is 0.160. The number of aryl methyl sites for hydroxylation is 1. The van der Waals surface area contributed by atoms with E-state index in [0.717, 1.165) is 6.08 Å². The lowest BCUT2D eigenvalue weighted by Crippen LogP contribution is -2.18. The van der Waals surface area contributed by atoms with Crippen LogP contribution in [-0.4, -0.2) is 21.6 Å². The van der Waals surface area contributed by atoms with E-state index in [0.29, 0.717) is 22.0 Å². The van der Waals surface area contributed by atoms with Crippen molar-refractivity contribution in [3.63, 3.8) is 0 Å². The zero-order chi connectivity index (χ0) is 25.7. The second-order valence-corrected chi connectivity index (χ2v) is 9.58. The van der Waals surface area contributed by atoms with Crippen LogP contribution >= 0.6 is 34.8 Å². The molecule has 0 bridgehead atoms. The van der Waals surface area contributed by atoms with Crippen LogP contribution in [-0.2, 0) is 10.5 Å². The van der Waals surface area contributed by atoms with Gasteiger partial charge in [-0.05, 0) is 56.2 Å². The van der Waals surface area contributed by atoms with Gasteiger partial charge in [0.2, 0.25) is 0 Å². The Balaban J connectivity index is 1.98. The van der Waals surface area contributed by atoms with Crippen LogP contribution in [0, 0.1) is 6.92 Å². The number of hydrogen-bond donors (Lipinski definition) is 0. The van der Waals surface area contributed by atoms with Gasteiger partial charge in [0.1, 0.15) is 11.3 Å². The monoisotopic (exact) mass is 533 g/mol. The van der Waals surface area contributed by atoms with E-state index in [1.807, 2.05) is 0 Å². The van der Waals surface area contributed by atoms with E-state index in [9.17, 15) is 14.7 Å². The van der Waals surface area contributed by atoms with Crippen molar-refractivity contribution in [3.05, 3.63) is 80.1 Å². The van der Waals surface area contributed by atoms with E-state index in [1.165, 1.54) is 36.6 Å². The largest absolute Gasteiger partial charge is 0.545 e. The van der Waals surface area contributed by atoms with Crippen LogP contribution in [0.15, 0.2) is 47.1 Å². The first-order valence-corrected chi connectivity index (χ1v) is 11.4. The lowest BCUT2D eigenvalue weighted by molar-refractivity contribution is -0.297. The zero-order valence-electron chi connectivity index (χ0n) is 18.7. The third kappa shape index (κ3) is 4.59. The van der Waals surface area contributed by atoms with Gasteiger partial charge >= 0.3 is 0 Å². The van der Waals surface area contributed by atoms with Crippen LogP contribution in [0.25, 0.3) is 28.2 Å². The molecule has 0 aliphatic carbocycles. The highest BCUT2D eigenvalue weighted by molar-refractivity contribution is 6.42. The first-order valence-electron chi connectivity index (χ1n) is 10.3. The van der Waals surface area contributed by atoms with Crippen LogP contribution < -0.4 is 5.11 Å². The summed E-state index contributed by atoms with van der Waals surface area (Å²) in [5.41, 5.74) is -0.361. The molecule has 0 saturated carbocycles. The molecule has 0 unspecified atom stereocenters. The number of carboxylic acid groups (broad SMARTS) is 1. The molecular formula is C25H17Cl3FN2O4-. The van der Waals surface area contributed by atoms with Gasteiger partial charge in [0.05, 0.1) is 21.5 Å². The van der Waals surface area contributed by atoms with Gasteiger partial charge in [-0.15, -0.1) is 0 Å². The summed E-state index contributed by atoms with van der Waals surface area (Å²) in [5, 5.41) is 16.0. The fourth-order valence-corrected chi connectivity index (χ4v) is 4.93. The third-order valence-corrected chi connectivity index (χ3v) is 6.17. The number of carbonyl (C=O) groups excluding carboxylic acids is 2. The molecule has 10 heteroatoms. The van der Waals surface area contributed by atoms with Crippen LogP contribution in [0.3, 0.4) is 0 Å². The lowest BCUT2D eigenvalue weighted by atomic mass is 9.98. The van der Waals surface area contributed by atoms with Gasteiger partial charge in [-0.2, -0.15) is 0 Å². The van der Waals surface area contributed by atoms with Crippen LogP contribution in [0.1, 0.15) is 41.1 Å². The number of aliphatic carboxylic acids is 1. The molecule has 2 heterocycles. The molecule has 0 fully saturated rings. The summed E-state index contributed by atoms with van der Waals surface area (Å²) < 4.78 is 21.8. The maximum atomic E-state index is 15.2. The number of rotatable bonds is 5. The predicted octanol–water partition coefficient (Wildman–Crippen LogP) is 6.22. The van der Waals surface area contributed by atoms with Crippen LogP contribution in [0.2, 0.25) is 15.1 Å². The average molecular weight is 535 g/mol. The number of aromatic nitrogens is 2. The minimum atomic E-state index is -2.07. The smallest absolute Gasteiger partial charge is 0.268 e. The second-order valence-electron chi connectivity index (χ2n) is 8.33. The van der Waals surface area contributed by atoms with Gasteiger partial charge in [0.25, 0.3) is 5.91 Å². The normalized spacial score (nSPS) is 12.1. The van der Waals surface area contributed by atoms with Gasteiger partial charge in [-0.25, -0.2) is 4.39 Å². The van der Waals surface area contributed by atoms with E-state index in [2.05, 4.69) is 5.16 Å². The van der Waals surface area contributed by atoms with E-state index in [1.54, 1.807) is 31.3 Å². The number of nitrogens with zero attached hydrogens (tertiary/aromatic N) is 2. The number of benzene rings is 2. The maximum absolute atomic E-state index is 15.2. The molecule has 2 aromatic heterocycles. The molecule has 0 atom stereocenters. The molecule has 0 spiro atoms. The Morgan fingerprint density at radius 2 is 1.83 bits per heavy atom. The highest BCUT2D eigenvalue weighted by Gasteiger charge is 2.36. The topological polar surface area (TPSA) is 88.2 Å². The summed E-state index contributed by atoms with van der Waals surface area (Å²) in [4.78, 5) is 24.8. The summed E-state index contributed by atoms with van der Waals surface area (Å²) in [6.45, 7) is 4.24. The average Bonchev–Trinajstić information content (AvgIpc) is 3.33. The van der Waals surface area contributed by atoms with Crippen LogP contribution in [0.4, 0.5) is 4.39 Å². The third-order valence-electron chi connectivity index (χ3n) is 5.36. The molecule has 2 aromatic carbocycles. The highest BCUT2D eigenvalue weighted by Crippen LogP contribution is 2.42. The van der Waals surface area contributed by atoms with Gasteiger partial charge < -0.3 is 14.4 Å². The zero-order valence-corrected chi connectivity index (χ0v) is 20.9. The fourth-order valence-electron chi connectivity index (χ4n) is 3.93. The van der Waals surface area contributed by atoms with E-state index >= 15 is 4.39 Å². The Bertz CT molecular complexity index is 1510. The summed E-state index contributed by atoms with van der Waals surface area (Å²) in [7, 11) is 0. The van der Waals surface area contributed by atoms with Crippen molar-refractivity contribution < 1.29 is 23.6 Å². The first-order chi connectivity index (χ1) is 16.4. The molecule has 4 aromatic rings. The minimum Gasteiger partial charge on any atom is -0.545 e. The summed E-state index contributed by atoms with van der Waals surface area (Å²) in [6, 6.07) is 7.92. The van der Waals surface area contributed by atoms with E-state index in [-0.39, 0.29) is 37.6 Å². The Morgan fingerprint density at radius 1 is 1.17 bits per heavy atom. The van der Waals surface area contributed by atoms with Crippen LogP contribution in [0.5, 0.6) is 0 Å². The molecular weight excluding hydrogens is 518 g/mol. The summed E-state index contributed by atoms with van der Waals surface area (Å²) >= 11 is 18.8. The molecule has 0 N–H and O–H groups in total. The number of hydrogen-bond acceptors (Lipinski definition) is 5. The Hall–Kier alpha value is -3.13. The van der Waals surface area contributed by atoms with Gasteiger partial charge in [0.15, 0.2) is 11.4 Å². The van der Waals surface area contributed by atoms with Gasteiger partial charge in [-0.3, -0.25) is 9.36 Å². The quantitative estimate of drug-likeness (QED) is 0.284. The van der Waals surface area contributed by atoms with E-state index < -0.39 is 17.5 Å². The second kappa shape index (κ2) is 9.15. The molecule has 0 aliphatic heterocycles. The molecule has 6 nitrogen and oxygen atoms in total. The first kappa shape index (κ1) is 25.0. The molecule has 180 valence electrons. The Morgan fingerprint density at radius 3 is 2.43 bits per heavy atom. The Kier molecular flexibility index (Phi) is 6.53. The van der Waals surface area contributed by atoms with Crippen molar-refractivity contribution in [2.75, 3.05) is 0 Å². The molecule has 0 radical (unpaired) electrons. The molecule has 35 heavy (non-hydrogen) atoms. The standard InChI is InChI=1S/C25H18Cl3FN2O4/c1-12-11-31(17-6-4-5-13(19(12)17)7-8-18(32)33)24(34)21-22(30-35-23(21)25(2,3)29)20-15(27)9-14(26)10-16(20)28/h4-11H,1-3H3,(H,32,33)/p-1/b8-7+. The summed E-state index contributed by atoms with van der Waals surface area (Å²) in [6.07, 6.45) is 3.85. The van der Waals surface area contributed by atoms with Crippen molar-refractivity contribution >= 4 is 63.7 Å². The summed E-state index contributed by atoms with van der Waals surface area (Å²) in [5.74, 6) is -2.29. The number of alkyl halides is 1. The maximum Gasteiger partial charge on any atom is 0.268 e. The lowest BCUT2D eigenvalue weighted by Gasteiger charge is -2.14. The number of halogens is 4. The SMILES string of the molecule is Cc1cn(C(=O)c2c(-c3c(Cl)cc(Cl)cc3Cl)noc2C(C)(C)F)c2cccc(/C=C/C(=O)[O-])c12. The highest BCUT2D eigenvalue weighted by atomic mass is 35.5. The van der Waals surface area contributed by atoms with Gasteiger partial charge in [0, 0.05) is 22.2 Å². The Labute approximate surface area is 214 Å². The van der Waals surface area contributed by atoms with E-state index in [4.69, 9.17) is 39.3 Å².